The van der Waals surface area contributed by atoms with E-state index in [1.54, 1.807) is 0 Å². The van der Waals surface area contributed by atoms with Crippen molar-refractivity contribution < 1.29 is 17.9 Å². The fourth-order valence-electron chi connectivity index (χ4n) is 2.53. The topological polar surface area (TPSA) is 39.1 Å². The molecule has 1 saturated carbocycles. The third-order valence-electron chi connectivity index (χ3n) is 3.37. The minimum Gasteiger partial charge on any atom is -0.370 e. The number of alkyl halides is 3. The summed E-state index contributed by atoms with van der Waals surface area (Å²) < 4.78 is 42.4. The van der Waals surface area contributed by atoms with E-state index in [1.165, 1.54) is 12.8 Å². The highest BCUT2D eigenvalue weighted by Crippen LogP contribution is 2.31. The zero-order valence-corrected chi connectivity index (χ0v) is 11.5. The van der Waals surface area contributed by atoms with Crippen LogP contribution in [0.2, 0.25) is 0 Å². The fraction of sp³-hybridized carbons (Fsp3) is 0.769. The zero-order valence-electron chi connectivity index (χ0n) is 11.5. The van der Waals surface area contributed by atoms with Crippen LogP contribution >= 0.6 is 0 Å². The number of nitrogens with zero attached hydrogens (tertiary/aromatic N) is 2. The number of anilines is 1. The summed E-state index contributed by atoms with van der Waals surface area (Å²) in [5.41, 5.74) is 0.913. The Kier molecular flexibility index (Phi) is 4.91. The first-order chi connectivity index (χ1) is 9.46. The predicted octanol–water partition coefficient (Wildman–Crippen LogP) is 3.30. The number of halogens is 3. The van der Waals surface area contributed by atoms with Gasteiger partial charge in [-0.3, -0.25) is 0 Å². The summed E-state index contributed by atoms with van der Waals surface area (Å²) in [6.45, 7) is 1.04. The van der Waals surface area contributed by atoms with Gasteiger partial charge in [-0.25, -0.2) is 4.98 Å². The van der Waals surface area contributed by atoms with Crippen LogP contribution < -0.4 is 5.32 Å². The number of aryl methyl sites for hydroxylation is 1. The van der Waals surface area contributed by atoms with Gasteiger partial charge in [0, 0.05) is 18.8 Å². The highest BCUT2D eigenvalue weighted by molar-refractivity contribution is 5.29. The number of imidazole rings is 1. The second kappa shape index (κ2) is 6.47. The van der Waals surface area contributed by atoms with Gasteiger partial charge in [0.25, 0.3) is 0 Å². The lowest BCUT2D eigenvalue weighted by Gasteiger charge is -2.15. The fourth-order valence-corrected chi connectivity index (χ4v) is 2.53. The second-order valence-electron chi connectivity index (χ2n) is 5.15. The maximum atomic E-state index is 11.9. The van der Waals surface area contributed by atoms with Crippen LogP contribution in [0.5, 0.6) is 0 Å². The first kappa shape index (κ1) is 15.2. The van der Waals surface area contributed by atoms with Crippen molar-refractivity contribution in [2.45, 2.75) is 44.8 Å². The van der Waals surface area contributed by atoms with Crippen LogP contribution in [-0.4, -0.2) is 35.5 Å². The maximum Gasteiger partial charge on any atom is 0.411 e. The third-order valence-corrected chi connectivity index (χ3v) is 3.37. The quantitative estimate of drug-likeness (QED) is 0.817. The minimum absolute atomic E-state index is 0.0100. The van der Waals surface area contributed by atoms with E-state index in [2.05, 4.69) is 19.6 Å². The van der Waals surface area contributed by atoms with Crippen molar-refractivity contribution in [3.05, 3.63) is 11.9 Å². The van der Waals surface area contributed by atoms with E-state index in [1.807, 2.05) is 13.1 Å². The van der Waals surface area contributed by atoms with E-state index in [9.17, 15) is 13.2 Å². The van der Waals surface area contributed by atoms with Crippen LogP contribution in [-0.2, 0) is 4.74 Å². The monoisotopic (exact) mass is 291 g/mol. The highest BCUT2D eigenvalue weighted by Gasteiger charge is 2.27. The smallest absolute Gasteiger partial charge is 0.370 e. The zero-order chi connectivity index (χ0) is 14.6. The number of hydrogen-bond donors (Lipinski definition) is 1. The van der Waals surface area contributed by atoms with Crippen molar-refractivity contribution in [1.29, 1.82) is 0 Å². The van der Waals surface area contributed by atoms with Crippen LogP contribution in [0.1, 0.15) is 37.4 Å². The summed E-state index contributed by atoms with van der Waals surface area (Å²) in [5, 5.41) is 3.06. The van der Waals surface area contributed by atoms with Gasteiger partial charge in [-0.05, 0) is 19.8 Å². The average molecular weight is 291 g/mol. The summed E-state index contributed by atoms with van der Waals surface area (Å²) in [4.78, 5) is 4.38. The minimum atomic E-state index is -4.26. The number of rotatable bonds is 6. The highest BCUT2D eigenvalue weighted by atomic mass is 19.4. The van der Waals surface area contributed by atoms with Crippen LogP contribution in [0.4, 0.5) is 19.1 Å². The second-order valence-corrected chi connectivity index (χ2v) is 5.15. The Balaban J connectivity index is 1.80. The lowest BCUT2D eigenvalue weighted by Crippen LogP contribution is -2.21. The molecule has 0 atom stereocenters. The van der Waals surface area contributed by atoms with E-state index in [0.29, 0.717) is 12.6 Å². The van der Waals surface area contributed by atoms with Gasteiger partial charge in [0.15, 0.2) is 0 Å². The molecule has 7 heteroatoms. The molecule has 0 spiro atoms. The lowest BCUT2D eigenvalue weighted by atomic mass is 10.2. The van der Waals surface area contributed by atoms with E-state index < -0.39 is 12.8 Å². The molecule has 2 rings (SSSR count). The molecule has 0 saturated heterocycles. The van der Waals surface area contributed by atoms with Gasteiger partial charge in [0.05, 0.1) is 12.3 Å². The van der Waals surface area contributed by atoms with Gasteiger partial charge in [-0.2, -0.15) is 13.2 Å². The normalized spacial score (nSPS) is 16.8. The van der Waals surface area contributed by atoms with Crippen molar-refractivity contribution in [2.24, 2.45) is 0 Å². The maximum absolute atomic E-state index is 11.9. The van der Waals surface area contributed by atoms with E-state index in [4.69, 9.17) is 0 Å². The van der Waals surface area contributed by atoms with Crippen LogP contribution in [0.15, 0.2) is 6.20 Å². The first-order valence-electron chi connectivity index (χ1n) is 6.89. The molecule has 1 heterocycles. The molecule has 0 amide bonds. The van der Waals surface area contributed by atoms with Gasteiger partial charge < -0.3 is 14.6 Å². The summed E-state index contributed by atoms with van der Waals surface area (Å²) in [7, 11) is 0. The van der Waals surface area contributed by atoms with E-state index in [0.717, 1.165) is 24.5 Å². The summed E-state index contributed by atoms with van der Waals surface area (Å²) >= 11 is 0. The molecule has 1 aliphatic carbocycles. The van der Waals surface area contributed by atoms with Gasteiger partial charge in [-0.1, -0.05) is 12.8 Å². The molecule has 0 unspecified atom stereocenters. The molecule has 0 aliphatic heterocycles. The Labute approximate surface area is 116 Å². The standard InChI is InChI=1S/C13H20F3N3O/c1-10-8-19(11-4-2-3-5-11)12(18-10)17-6-7-20-9-13(14,15)16/h8,11H,2-7,9H2,1H3,(H,17,18). The molecule has 4 nitrogen and oxygen atoms in total. The molecule has 1 aromatic rings. The number of ether oxygens (including phenoxy) is 1. The number of hydrogen-bond acceptors (Lipinski definition) is 3. The van der Waals surface area contributed by atoms with Crippen molar-refractivity contribution in [1.82, 2.24) is 9.55 Å². The first-order valence-corrected chi connectivity index (χ1v) is 6.89. The molecule has 20 heavy (non-hydrogen) atoms. The van der Waals surface area contributed by atoms with Crippen molar-refractivity contribution in [2.75, 3.05) is 25.1 Å². The molecule has 1 aliphatic rings. The molecule has 1 N–H and O–H groups in total. The van der Waals surface area contributed by atoms with Crippen LogP contribution in [0.3, 0.4) is 0 Å². The Morgan fingerprint density at radius 3 is 2.75 bits per heavy atom. The number of aromatic nitrogens is 2. The van der Waals surface area contributed by atoms with Gasteiger partial charge >= 0.3 is 6.18 Å². The predicted molar refractivity (Wildman–Crippen MR) is 69.8 cm³/mol. The number of nitrogens with one attached hydrogen (secondary N) is 1. The Hall–Kier alpha value is -1.24. The summed E-state index contributed by atoms with van der Waals surface area (Å²) in [6.07, 6.45) is 2.43. The summed E-state index contributed by atoms with van der Waals surface area (Å²) in [5.74, 6) is 0.727. The molecule has 0 bridgehead atoms. The van der Waals surface area contributed by atoms with Gasteiger partial charge in [0.2, 0.25) is 5.95 Å². The van der Waals surface area contributed by atoms with E-state index >= 15 is 0 Å². The molecular formula is C13H20F3N3O. The Morgan fingerprint density at radius 1 is 1.40 bits per heavy atom. The molecule has 114 valence electrons. The summed E-state index contributed by atoms with van der Waals surface area (Å²) in [6, 6.07) is 0.454. The Bertz CT molecular complexity index is 425. The van der Waals surface area contributed by atoms with Crippen molar-refractivity contribution in [3.63, 3.8) is 0 Å². The largest absolute Gasteiger partial charge is 0.411 e. The lowest BCUT2D eigenvalue weighted by molar-refractivity contribution is -0.172. The van der Waals surface area contributed by atoms with Crippen LogP contribution in [0, 0.1) is 6.92 Å². The molecule has 1 fully saturated rings. The van der Waals surface area contributed by atoms with Gasteiger partial charge in [0.1, 0.15) is 6.61 Å². The van der Waals surface area contributed by atoms with E-state index in [-0.39, 0.29) is 6.61 Å². The average Bonchev–Trinajstić information content (AvgIpc) is 2.96. The molecule has 0 aromatic carbocycles. The van der Waals surface area contributed by atoms with Gasteiger partial charge in [-0.15, -0.1) is 0 Å². The molecular weight excluding hydrogens is 271 g/mol. The molecule has 1 aromatic heterocycles. The SMILES string of the molecule is Cc1cn(C2CCCC2)c(NCCOCC(F)(F)F)n1. The van der Waals surface area contributed by atoms with Crippen LogP contribution in [0.25, 0.3) is 0 Å². The van der Waals surface area contributed by atoms with Crippen molar-refractivity contribution >= 4 is 5.95 Å². The molecule has 0 radical (unpaired) electrons. The third kappa shape index (κ3) is 4.40. The Morgan fingerprint density at radius 2 is 2.10 bits per heavy atom. The van der Waals surface area contributed by atoms with Crippen molar-refractivity contribution in [3.8, 4) is 0 Å².